The molecule has 2 heterocycles. The molecule has 4 heteroatoms. The molecule has 1 aromatic heterocycles. The third-order valence-electron chi connectivity index (χ3n) is 3.47. The van der Waals surface area contributed by atoms with Gasteiger partial charge in [-0.2, -0.15) is 4.98 Å². The largest absolute Gasteiger partial charge is 0.423 e. The van der Waals surface area contributed by atoms with Crippen molar-refractivity contribution in [1.82, 2.24) is 4.98 Å². The molecule has 0 bridgehead atoms. The molecule has 2 aromatic rings. The predicted molar refractivity (Wildman–Crippen MR) is 69.0 cm³/mol. The van der Waals surface area contributed by atoms with Gasteiger partial charge in [0.05, 0.1) is 5.69 Å². The van der Waals surface area contributed by atoms with Crippen molar-refractivity contribution >= 4 is 22.8 Å². The lowest BCUT2D eigenvalue weighted by atomic mass is 10.1. The molecule has 2 atom stereocenters. The monoisotopic (exact) mass is 231 g/mol. The van der Waals surface area contributed by atoms with Crippen LogP contribution in [0.4, 0.5) is 11.7 Å². The molecule has 17 heavy (non-hydrogen) atoms. The lowest BCUT2D eigenvalue weighted by molar-refractivity contribution is 0.561. The van der Waals surface area contributed by atoms with Crippen LogP contribution in [0, 0.1) is 5.92 Å². The molecule has 0 spiro atoms. The number of fused-ring (bicyclic) bond motifs is 1. The first kappa shape index (κ1) is 10.4. The first-order valence-electron chi connectivity index (χ1n) is 6.07. The smallest absolute Gasteiger partial charge is 0.298 e. The van der Waals surface area contributed by atoms with Crippen molar-refractivity contribution < 1.29 is 4.42 Å². The van der Waals surface area contributed by atoms with Gasteiger partial charge in [0.2, 0.25) is 0 Å². The summed E-state index contributed by atoms with van der Waals surface area (Å²) in [5.74, 6) is 0.692. The van der Waals surface area contributed by atoms with E-state index in [0.717, 1.165) is 17.6 Å². The van der Waals surface area contributed by atoms with Crippen LogP contribution in [-0.4, -0.2) is 17.6 Å². The molecule has 0 amide bonds. The van der Waals surface area contributed by atoms with Gasteiger partial charge >= 0.3 is 0 Å². The van der Waals surface area contributed by atoms with Gasteiger partial charge in [0.1, 0.15) is 5.52 Å². The average molecular weight is 231 g/mol. The van der Waals surface area contributed by atoms with E-state index in [1.807, 2.05) is 18.2 Å². The second-order valence-corrected chi connectivity index (χ2v) is 5.03. The number of hydrogen-bond acceptors (Lipinski definition) is 4. The maximum absolute atomic E-state index is 5.89. The Morgan fingerprint density at radius 3 is 2.88 bits per heavy atom. The minimum Gasteiger partial charge on any atom is -0.423 e. The van der Waals surface area contributed by atoms with Crippen LogP contribution in [0.2, 0.25) is 0 Å². The van der Waals surface area contributed by atoms with E-state index >= 15 is 0 Å². The van der Waals surface area contributed by atoms with E-state index < -0.39 is 0 Å². The SMILES string of the molecule is CC1CC(C)N(c2nc3c(N)cccc3o2)C1. The molecule has 2 unspecified atom stereocenters. The summed E-state index contributed by atoms with van der Waals surface area (Å²) in [5.41, 5.74) is 8.11. The summed E-state index contributed by atoms with van der Waals surface area (Å²) in [6.07, 6.45) is 1.19. The highest BCUT2D eigenvalue weighted by molar-refractivity contribution is 5.86. The van der Waals surface area contributed by atoms with Crippen LogP contribution in [0.25, 0.3) is 11.1 Å². The summed E-state index contributed by atoms with van der Waals surface area (Å²) in [4.78, 5) is 6.74. The van der Waals surface area contributed by atoms with E-state index in [4.69, 9.17) is 10.2 Å². The second kappa shape index (κ2) is 3.65. The zero-order chi connectivity index (χ0) is 12.0. The van der Waals surface area contributed by atoms with Crippen LogP contribution >= 0.6 is 0 Å². The summed E-state index contributed by atoms with van der Waals surface area (Å²) in [6, 6.07) is 6.84. The van der Waals surface area contributed by atoms with Crippen molar-refractivity contribution in [2.24, 2.45) is 5.92 Å². The molecule has 90 valence electrons. The van der Waals surface area contributed by atoms with Gasteiger partial charge in [0.15, 0.2) is 5.58 Å². The normalized spacial score (nSPS) is 24.7. The lowest BCUT2D eigenvalue weighted by Gasteiger charge is -2.18. The third kappa shape index (κ3) is 1.64. The van der Waals surface area contributed by atoms with Crippen molar-refractivity contribution in [3.05, 3.63) is 18.2 Å². The Balaban J connectivity index is 2.04. The Kier molecular flexibility index (Phi) is 2.24. The number of benzene rings is 1. The number of rotatable bonds is 1. The van der Waals surface area contributed by atoms with Crippen LogP contribution in [0.15, 0.2) is 22.6 Å². The van der Waals surface area contributed by atoms with Gasteiger partial charge < -0.3 is 15.1 Å². The molecule has 1 saturated heterocycles. The fraction of sp³-hybridized carbons (Fsp3) is 0.462. The molecule has 2 N–H and O–H groups in total. The van der Waals surface area contributed by atoms with E-state index in [-0.39, 0.29) is 0 Å². The molecular formula is C13H17N3O. The second-order valence-electron chi connectivity index (χ2n) is 5.03. The molecule has 1 aliphatic heterocycles. The fourth-order valence-electron chi connectivity index (χ4n) is 2.65. The molecule has 1 fully saturated rings. The van der Waals surface area contributed by atoms with Crippen LogP contribution in [0.3, 0.4) is 0 Å². The van der Waals surface area contributed by atoms with Crippen molar-refractivity contribution in [3.63, 3.8) is 0 Å². The first-order chi connectivity index (χ1) is 8.15. The van der Waals surface area contributed by atoms with Crippen LogP contribution in [0.5, 0.6) is 0 Å². The van der Waals surface area contributed by atoms with Crippen LogP contribution < -0.4 is 10.6 Å². The highest BCUT2D eigenvalue weighted by Gasteiger charge is 2.29. The topological polar surface area (TPSA) is 55.3 Å². The predicted octanol–water partition coefficient (Wildman–Crippen LogP) is 2.64. The Morgan fingerprint density at radius 2 is 2.24 bits per heavy atom. The molecule has 3 rings (SSSR count). The molecule has 4 nitrogen and oxygen atoms in total. The van der Waals surface area contributed by atoms with Crippen molar-refractivity contribution in [2.45, 2.75) is 26.3 Å². The Bertz CT molecular complexity index is 549. The molecule has 0 radical (unpaired) electrons. The van der Waals surface area contributed by atoms with Crippen LogP contribution in [0.1, 0.15) is 20.3 Å². The summed E-state index contributed by atoms with van der Waals surface area (Å²) in [7, 11) is 0. The summed E-state index contributed by atoms with van der Waals surface area (Å²) in [5, 5.41) is 0. The van der Waals surface area contributed by atoms with E-state index in [1.54, 1.807) is 0 Å². The number of nitrogens with two attached hydrogens (primary N) is 1. The number of oxazole rings is 1. The Labute approximate surface area is 100 Å². The Morgan fingerprint density at radius 1 is 1.41 bits per heavy atom. The fourth-order valence-corrected chi connectivity index (χ4v) is 2.65. The van der Waals surface area contributed by atoms with Gasteiger partial charge in [-0.05, 0) is 31.4 Å². The van der Waals surface area contributed by atoms with Gasteiger partial charge in [0.25, 0.3) is 6.01 Å². The van der Waals surface area contributed by atoms with E-state index in [2.05, 4.69) is 23.7 Å². The molecule has 0 saturated carbocycles. The highest BCUT2D eigenvalue weighted by atomic mass is 16.4. The summed E-state index contributed by atoms with van der Waals surface area (Å²) in [6.45, 7) is 5.48. The quantitative estimate of drug-likeness (QED) is 0.766. The number of aromatic nitrogens is 1. The van der Waals surface area contributed by atoms with Gasteiger partial charge in [-0.3, -0.25) is 0 Å². The van der Waals surface area contributed by atoms with Gasteiger partial charge in [-0.25, -0.2) is 0 Å². The maximum atomic E-state index is 5.89. The first-order valence-corrected chi connectivity index (χ1v) is 6.07. The van der Waals surface area contributed by atoms with Crippen LogP contribution in [-0.2, 0) is 0 Å². The average Bonchev–Trinajstić information content (AvgIpc) is 2.82. The van der Waals surface area contributed by atoms with E-state index in [9.17, 15) is 0 Å². The van der Waals surface area contributed by atoms with Gasteiger partial charge in [-0.1, -0.05) is 13.0 Å². The standard InChI is InChI=1S/C13H17N3O/c1-8-6-9(2)16(7-8)13-15-12-10(14)4-3-5-11(12)17-13/h3-5,8-9H,6-7,14H2,1-2H3. The number of nitrogen functional groups attached to an aromatic ring is 1. The van der Waals surface area contributed by atoms with Crippen molar-refractivity contribution in [2.75, 3.05) is 17.2 Å². The van der Waals surface area contributed by atoms with Gasteiger partial charge in [0, 0.05) is 12.6 Å². The molecule has 1 aromatic carbocycles. The van der Waals surface area contributed by atoms with Crippen molar-refractivity contribution in [1.29, 1.82) is 0 Å². The lowest BCUT2D eigenvalue weighted by Crippen LogP contribution is -2.26. The maximum Gasteiger partial charge on any atom is 0.298 e. The van der Waals surface area contributed by atoms with E-state index in [1.165, 1.54) is 6.42 Å². The molecule has 1 aliphatic rings. The number of nitrogens with zero attached hydrogens (tertiary/aromatic N) is 2. The van der Waals surface area contributed by atoms with Crippen molar-refractivity contribution in [3.8, 4) is 0 Å². The Hall–Kier alpha value is -1.71. The minimum absolute atomic E-state index is 0.485. The van der Waals surface area contributed by atoms with Gasteiger partial charge in [-0.15, -0.1) is 0 Å². The number of para-hydroxylation sites is 1. The zero-order valence-corrected chi connectivity index (χ0v) is 10.2. The highest BCUT2D eigenvalue weighted by Crippen LogP contribution is 2.31. The number of hydrogen-bond donors (Lipinski definition) is 1. The van der Waals surface area contributed by atoms with E-state index in [0.29, 0.717) is 23.7 Å². The minimum atomic E-state index is 0.485. The number of anilines is 2. The summed E-state index contributed by atoms with van der Waals surface area (Å²) < 4.78 is 5.79. The summed E-state index contributed by atoms with van der Waals surface area (Å²) >= 11 is 0. The zero-order valence-electron chi connectivity index (χ0n) is 10.2. The molecular weight excluding hydrogens is 214 g/mol. The molecule has 0 aliphatic carbocycles. The third-order valence-corrected chi connectivity index (χ3v) is 3.47.